The van der Waals surface area contributed by atoms with E-state index in [9.17, 15) is 9.90 Å². The van der Waals surface area contributed by atoms with Crippen LogP contribution in [0.4, 0.5) is 0 Å². The topological polar surface area (TPSA) is 65.6 Å². The summed E-state index contributed by atoms with van der Waals surface area (Å²) in [6.45, 7) is 3.11. The van der Waals surface area contributed by atoms with Crippen molar-refractivity contribution in [2.45, 2.75) is 19.1 Å². The highest BCUT2D eigenvalue weighted by atomic mass is 16.5. The quantitative estimate of drug-likeness (QED) is 0.760. The van der Waals surface area contributed by atoms with Gasteiger partial charge in [0.2, 0.25) is 0 Å². The molecule has 2 heterocycles. The zero-order valence-corrected chi connectivity index (χ0v) is 14.7. The lowest BCUT2D eigenvalue weighted by atomic mass is 9.99. The van der Waals surface area contributed by atoms with Gasteiger partial charge >= 0.3 is 0 Å². The Labute approximate surface area is 152 Å². The minimum Gasteiger partial charge on any atom is -0.388 e. The molecule has 26 heavy (non-hydrogen) atoms. The number of amides is 1. The number of carbonyl (C=O) groups excluding carboxylic acids is 1. The van der Waals surface area contributed by atoms with E-state index in [1.165, 1.54) is 0 Å². The highest BCUT2D eigenvalue weighted by Crippen LogP contribution is 2.29. The van der Waals surface area contributed by atoms with Crippen LogP contribution < -0.4 is 0 Å². The summed E-state index contributed by atoms with van der Waals surface area (Å²) in [5.74, 6) is -0.0786. The number of H-pyrrole nitrogens is 1. The number of aromatic amines is 1. The van der Waals surface area contributed by atoms with Crippen LogP contribution in [0.25, 0.3) is 22.0 Å². The predicted molar refractivity (Wildman–Crippen MR) is 101 cm³/mol. The van der Waals surface area contributed by atoms with Gasteiger partial charge in [0, 0.05) is 29.2 Å². The number of nitrogens with one attached hydrogen (secondary N) is 1. The zero-order chi connectivity index (χ0) is 18.1. The monoisotopic (exact) mass is 350 g/mol. The Morgan fingerprint density at radius 3 is 2.85 bits per heavy atom. The van der Waals surface area contributed by atoms with Crippen molar-refractivity contribution in [3.05, 3.63) is 60.3 Å². The van der Waals surface area contributed by atoms with E-state index in [0.717, 1.165) is 22.0 Å². The minimum atomic E-state index is -0.629. The molecule has 2 N–H and O–H groups in total. The second-order valence-electron chi connectivity index (χ2n) is 6.59. The summed E-state index contributed by atoms with van der Waals surface area (Å²) < 4.78 is 5.32. The number of carbonyl (C=O) groups is 1. The van der Waals surface area contributed by atoms with E-state index in [1.807, 2.05) is 55.6 Å². The Morgan fingerprint density at radius 2 is 2.08 bits per heavy atom. The third kappa shape index (κ3) is 2.89. The summed E-state index contributed by atoms with van der Waals surface area (Å²) in [4.78, 5) is 18.0. The van der Waals surface area contributed by atoms with Gasteiger partial charge < -0.3 is 19.7 Å². The molecule has 3 aromatic rings. The molecule has 0 aliphatic carbocycles. The van der Waals surface area contributed by atoms with Gasteiger partial charge in [-0.2, -0.15) is 0 Å². The highest BCUT2D eigenvalue weighted by molar-refractivity contribution is 5.99. The Hall–Kier alpha value is -2.63. The van der Waals surface area contributed by atoms with E-state index in [4.69, 9.17) is 4.74 Å². The summed E-state index contributed by atoms with van der Waals surface area (Å²) in [7, 11) is 0. The van der Waals surface area contributed by atoms with Crippen molar-refractivity contribution in [2.24, 2.45) is 0 Å². The molecular formula is C21H22N2O3. The SMILES string of the molecule is CCN(C(=O)c1cccc(-c2cccc3[nH]ccc23)c1)C1COCC1O. The van der Waals surface area contributed by atoms with Crippen LogP contribution >= 0.6 is 0 Å². The van der Waals surface area contributed by atoms with Crippen molar-refractivity contribution in [2.75, 3.05) is 19.8 Å². The molecule has 1 aliphatic rings. The molecule has 1 amide bonds. The predicted octanol–water partition coefficient (Wildman–Crippen LogP) is 3.06. The Balaban J connectivity index is 1.69. The molecule has 1 fully saturated rings. The number of aliphatic hydroxyl groups is 1. The number of aromatic nitrogens is 1. The number of aliphatic hydroxyl groups excluding tert-OH is 1. The molecule has 0 saturated carbocycles. The van der Waals surface area contributed by atoms with Gasteiger partial charge in [0.1, 0.15) is 0 Å². The van der Waals surface area contributed by atoms with Gasteiger partial charge in [-0.3, -0.25) is 4.79 Å². The van der Waals surface area contributed by atoms with Crippen LogP contribution in [0.5, 0.6) is 0 Å². The number of hydrogen-bond acceptors (Lipinski definition) is 3. The van der Waals surface area contributed by atoms with E-state index < -0.39 is 6.10 Å². The Kier molecular flexibility index (Phi) is 4.49. The van der Waals surface area contributed by atoms with Gasteiger partial charge in [0.05, 0.1) is 25.4 Å². The average Bonchev–Trinajstić information content (AvgIpc) is 3.31. The molecule has 2 aromatic carbocycles. The molecule has 0 spiro atoms. The number of fused-ring (bicyclic) bond motifs is 1. The van der Waals surface area contributed by atoms with Crippen molar-refractivity contribution in [3.8, 4) is 11.1 Å². The van der Waals surface area contributed by atoms with Crippen LogP contribution in [-0.2, 0) is 4.74 Å². The molecule has 1 saturated heterocycles. The van der Waals surface area contributed by atoms with E-state index in [0.29, 0.717) is 18.7 Å². The van der Waals surface area contributed by atoms with Gasteiger partial charge in [-0.25, -0.2) is 0 Å². The summed E-state index contributed by atoms with van der Waals surface area (Å²) in [6, 6.07) is 15.5. The van der Waals surface area contributed by atoms with Crippen molar-refractivity contribution in [1.82, 2.24) is 9.88 Å². The third-order valence-corrected chi connectivity index (χ3v) is 5.04. The normalized spacial score (nSPS) is 19.8. The van der Waals surface area contributed by atoms with E-state index in [-0.39, 0.29) is 18.6 Å². The molecule has 2 atom stereocenters. The van der Waals surface area contributed by atoms with Crippen LogP contribution in [0.2, 0.25) is 0 Å². The molecule has 0 radical (unpaired) electrons. The lowest BCUT2D eigenvalue weighted by molar-refractivity contribution is 0.0520. The molecule has 5 nitrogen and oxygen atoms in total. The lowest BCUT2D eigenvalue weighted by Gasteiger charge is -2.29. The molecule has 5 heteroatoms. The first-order valence-corrected chi connectivity index (χ1v) is 8.92. The summed E-state index contributed by atoms with van der Waals surface area (Å²) in [5, 5.41) is 11.2. The van der Waals surface area contributed by atoms with E-state index in [2.05, 4.69) is 11.1 Å². The molecule has 0 bridgehead atoms. The van der Waals surface area contributed by atoms with E-state index in [1.54, 1.807) is 4.90 Å². The van der Waals surface area contributed by atoms with Crippen molar-refractivity contribution in [3.63, 3.8) is 0 Å². The molecule has 2 unspecified atom stereocenters. The molecule has 4 rings (SSSR count). The molecule has 1 aromatic heterocycles. The largest absolute Gasteiger partial charge is 0.388 e. The van der Waals surface area contributed by atoms with Gasteiger partial charge in [0.15, 0.2) is 0 Å². The van der Waals surface area contributed by atoms with Gasteiger partial charge in [0.25, 0.3) is 5.91 Å². The maximum atomic E-state index is 13.1. The van der Waals surface area contributed by atoms with Crippen LogP contribution in [0.15, 0.2) is 54.7 Å². The van der Waals surface area contributed by atoms with Crippen molar-refractivity contribution in [1.29, 1.82) is 0 Å². The smallest absolute Gasteiger partial charge is 0.254 e. The fourth-order valence-electron chi connectivity index (χ4n) is 3.68. The number of benzene rings is 2. The van der Waals surface area contributed by atoms with Crippen LogP contribution in [-0.4, -0.2) is 52.8 Å². The first-order valence-electron chi connectivity index (χ1n) is 8.92. The molecular weight excluding hydrogens is 328 g/mol. The van der Waals surface area contributed by atoms with Crippen LogP contribution in [0.1, 0.15) is 17.3 Å². The summed E-state index contributed by atoms with van der Waals surface area (Å²) >= 11 is 0. The lowest BCUT2D eigenvalue weighted by Crippen LogP contribution is -2.46. The highest BCUT2D eigenvalue weighted by Gasteiger charge is 2.34. The fourth-order valence-corrected chi connectivity index (χ4v) is 3.68. The second kappa shape index (κ2) is 6.94. The maximum absolute atomic E-state index is 13.1. The van der Waals surface area contributed by atoms with Crippen LogP contribution in [0.3, 0.4) is 0 Å². The number of nitrogens with zero attached hydrogens (tertiary/aromatic N) is 1. The van der Waals surface area contributed by atoms with Gasteiger partial charge in [-0.1, -0.05) is 24.3 Å². The standard InChI is InChI=1S/C21H22N2O3/c1-2-23(19-12-26-13-20(19)24)21(25)15-6-3-5-14(11-15)16-7-4-8-18-17(16)9-10-22-18/h3-11,19-20,22,24H,2,12-13H2,1H3. The number of hydrogen-bond donors (Lipinski definition) is 2. The maximum Gasteiger partial charge on any atom is 0.254 e. The summed E-state index contributed by atoms with van der Waals surface area (Å²) in [5.41, 5.74) is 3.78. The fraction of sp³-hybridized carbons (Fsp3) is 0.286. The molecule has 134 valence electrons. The second-order valence-corrected chi connectivity index (χ2v) is 6.59. The Morgan fingerprint density at radius 1 is 1.23 bits per heavy atom. The number of rotatable bonds is 4. The van der Waals surface area contributed by atoms with Crippen molar-refractivity contribution >= 4 is 16.8 Å². The van der Waals surface area contributed by atoms with E-state index >= 15 is 0 Å². The first kappa shape index (κ1) is 16.8. The molecule has 1 aliphatic heterocycles. The number of likely N-dealkylation sites (N-methyl/N-ethyl adjacent to an activating group) is 1. The van der Waals surface area contributed by atoms with Crippen LogP contribution in [0, 0.1) is 0 Å². The average molecular weight is 350 g/mol. The first-order chi connectivity index (χ1) is 12.7. The Bertz CT molecular complexity index is 934. The van der Waals surface area contributed by atoms with Gasteiger partial charge in [-0.15, -0.1) is 0 Å². The van der Waals surface area contributed by atoms with Crippen molar-refractivity contribution < 1.29 is 14.6 Å². The zero-order valence-electron chi connectivity index (χ0n) is 14.7. The number of ether oxygens (including phenoxy) is 1. The third-order valence-electron chi connectivity index (χ3n) is 5.04. The summed E-state index contributed by atoms with van der Waals surface area (Å²) in [6.07, 6.45) is 1.29. The van der Waals surface area contributed by atoms with Gasteiger partial charge in [-0.05, 0) is 42.3 Å². The minimum absolute atomic E-state index is 0.0786.